The van der Waals surface area contributed by atoms with Gasteiger partial charge in [-0.2, -0.15) is 0 Å². The number of hydrogen-bond donors (Lipinski definition) is 1. The van der Waals surface area contributed by atoms with E-state index in [1.165, 1.54) is 12.8 Å². The molecule has 1 N–H and O–H groups in total. The molecule has 1 fully saturated rings. The zero-order valence-electron chi connectivity index (χ0n) is 6.26. The molecule has 0 bridgehead atoms. The molecular formula is C8H14ClN. The third-order valence-electron chi connectivity index (χ3n) is 1.82. The summed E-state index contributed by atoms with van der Waals surface area (Å²) in [6.45, 7) is 2.18. The Bertz CT molecular complexity index is 128. The highest BCUT2D eigenvalue weighted by Crippen LogP contribution is 2.10. The Kier molecular flexibility index (Phi) is 4.51. The second-order valence-electron chi connectivity index (χ2n) is 2.72. The fraction of sp³-hybridized carbons (Fsp3) is 0.750. The smallest absolute Gasteiger partial charge is 0.0688 e. The molecule has 2 atom stereocenters. The van der Waals surface area contributed by atoms with Crippen molar-refractivity contribution in [1.29, 1.82) is 0 Å². The van der Waals surface area contributed by atoms with Gasteiger partial charge in [-0.25, -0.2) is 0 Å². The molecule has 1 saturated heterocycles. The molecule has 0 amide bonds. The molecule has 1 aliphatic rings. The molecule has 10 heavy (non-hydrogen) atoms. The topological polar surface area (TPSA) is 12.0 Å². The van der Waals surface area contributed by atoms with Crippen molar-refractivity contribution in [3.63, 3.8) is 0 Å². The van der Waals surface area contributed by atoms with Crippen LogP contribution < -0.4 is 5.32 Å². The van der Waals surface area contributed by atoms with E-state index >= 15 is 0 Å². The van der Waals surface area contributed by atoms with Gasteiger partial charge in [0.05, 0.1) is 6.04 Å². The zero-order valence-corrected chi connectivity index (χ0v) is 7.08. The Morgan fingerprint density at radius 1 is 1.50 bits per heavy atom. The highest BCUT2D eigenvalue weighted by atomic mass is 35.5. The van der Waals surface area contributed by atoms with Crippen LogP contribution in [0.25, 0.3) is 0 Å². The molecule has 0 aromatic carbocycles. The van der Waals surface area contributed by atoms with E-state index in [1.807, 2.05) is 0 Å². The third-order valence-corrected chi connectivity index (χ3v) is 1.82. The van der Waals surface area contributed by atoms with Gasteiger partial charge in [-0.3, -0.25) is 0 Å². The van der Waals surface area contributed by atoms with Crippen molar-refractivity contribution in [1.82, 2.24) is 5.32 Å². The fourth-order valence-electron chi connectivity index (χ4n) is 1.27. The summed E-state index contributed by atoms with van der Waals surface area (Å²) in [6, 6.07) is 0.966. The molecule has 0 aliphatic carbocycles. The van der Waals surface area contributed by atoms with Gasteiger partial charge in [0, 0.05) is 6.04 Å². The first-order valence-corrected chi connectivity index (χ1v) is 3.55. The van der Waals surface area contributed by atoms with Crippen molar-refractivity contribution in [3.8, 4) is 12.3 Å². The molecule has 1 heterocycles. The number of piperidine rings is 1. The van der Waals surface area contributed by atoms with Crippen LogP contribution in [-0.2, 0) is 0 Å². The second-order valence-corrected chi connectivity index (χ2v) is 2.72. The van der Waals surface area contributed by atoms with Crippen molar-refractivity contribution in [2.45, 2.75) is 38.3 Å². The molecule has 0 saturated carbocycles. The lowest BCUT2D eigenvalue weighted by atomic mass is 10.0. The number of halogens is 1. The van der Waals surface area contributed by atoms with E-state index in [0.29, 0.717) is 12.1 Å². The first-order valence-electron chi connectivity index (χ1n) is 3.55. The molecule has 0 unspecified atom stereocenters. The van der Waals surface area contributed by atoms with Crippen LogP contribution in [0.5, 0.6) is 0 Å². The van der Waals surface area contributed by atoms with Gasteiger partial charge in [-0.1, -0.05) is 5.92 Å². The lowest BCUT2D eigenvalue weighted by Gasteiger charge is -2.24. The quantitative estimate of drug-likeness (QED) is 0.530. The van der Waals surface area contributed by atoms with Gasteiger partial charge in [0.1, 0.15) is 0 Å². The maximum absolute atomic E-state index is 5.25. The van der Waals surface area contributed by atoms with Crippen molar-refractivity contribution < 1.29 is 0 Å². The average molecular weight is 160 g/mol. The van der Waals surface area contributed by atoms with Gasteiger partial charge < -0.3 is 5.32 Å². The van der Waals surface area contributed by atoms with Crippen LogP contribution in [-0.4, -0.2) is 12.1 Å². The van der Waals surface area contributed by atoms with E-state index in [2.05, 4.69) is 18.2 Å². The maximum atomic E-state index is 5.25. The van der Waals surface area contributed by atoms with Crippen LogP contribution in [0, 0.1) is 12.3 Å². The monoisotopic (exact) mass is 159 g/mol. The first kappa shape index (κ1) is 9.81. The number of rotatable bonds is 0. The molecule has 0 radical (unpaired) electrons. The summed E-state index contributed by atoms with van der Waals surface area (Å²) in [5.41, 5.74) is 0. The van der Waals surface area contributed by atoms with Crippen LogP contribution in [0.2, 0.25) is 0 Å². The fourth-order valence-corrected chi connectivity index (χ4v) is 1.27. The minimum Gasteiger partial charge on any atom is -0.301 e. The van der Waals surface area contributed by atoms with Crippen molar-refractivity contribution >= 4 is 12.4 Å². The molecule has 2 heteroatoms. The van der Waals surface area contributed by atoms with Gasteiger partial charge in [0.25, 0.3) is 0 Å². The van der Waals surface area contributed by atoms with Crippen LogP contribution in [0.4, 0.5) is 0 Å². The predicted octanol–water partition coefficient (Wildman–Crippen LogP) is 1.57. The van der Waals surface area contributed by atoms with Crippen molar-refractivity contribution in [3.05, 3.63) is 0 Å². The summed E-state index contributed by atoms with van der Waals surface area (Å²) in [5, 5.41) is 3.33. The Morgan fingerprint density at radius 3 is 2.60 bits per heavy atom. The van der Waals surface area contributed by atoms with Gasteiger partial charge in [0.15, 0.2) is 0 Å². The summed E-state index contributed by atoms with van der Waals surface area (Å²) < 4.78 is 0. The largest absolute Gasteiger partial charge is 0.301 e. The lowest BCUT2D eigenvalue weighted by Crippen LogP contribution is -2.39. The Balaban J connectivity index is 0.000000810. The van der Waals surface area contributed by atoms with Gasteiger partial charge in [-0.15, -0.1) is 18.8 Å². The van der Waals surface area contributed by atoms with Crippen molar-refractivity contribution in [2.75, 3.05) is 0 Å². The standard InChI is InChI=1S/C8H13N.ClH/c1-3-8-6-4-5-7(2)9-8;/h1,7-9H,4-6H2,2H3;1H/t7-,8+;/m0./s1. The molecule has 1 nitrogen and oxygen atoms in total. The summed E-state index contributed by atoms with van der Waals surface area (Å²) in [5.74, 6) is 2.72. The maximum Gasteiger partial charge on any atom is 0.0688 e. The molecule has 0 aromatic rings. The average Bonchev–Trinajstić information content (AvgIpc) is 1.88. The molecule has 58 valence electrons. The van der Waals surface area contributed by atoms with E-state index < -0.39 is 0 Å². The first-order chi connectivity index (χ1) is 4.33. The number of nitrogens with one attached hydrogen (secondary N) is 1. The van der Waals surface area contributed by atoms with Crippen molar-refractivity contribution in [2.24, 2.45) is 0 Å². The van der Waals surface area contributed by atoms with E-state index in [4.69, 9.17) is 6.42 Å². The minimum absolute atomic E-state index is 0. The summed E-state index contributed by atoms with van der Waals surface area (Å²) in [7, 11) is 0. The second kappa shape index (κ2) is 4.60. The Morgan fingerprint density at radius 2 is 2.20 bits per heavy atom. The highest BCUT2D eigenvalue weighted by Gasteiger charge is 2.14. The molecule has 0 spiro atoms. The van der Waals surface area contributed by atoms with E-state index in [-0.39, 0.29) is 12.4 Å². The molecule has 1 rings (SSSR count). The van der Waals surface area contributed by atoms with Crippen LogP contribution >= 0.6 is 12.4 Å². The summed E-state index contributed by atoms with van der Waals surface area (Å²) in [6.07, 6.45) is 8.96. The third kappa shape index (κ3) is 2.60. The van der Waals surface area contributed by atoms with Gasteiger partial charge >= 0.3 is 0 Å². The zero-order chi connectivity index (χ0) is 6.69. The van der Waals surface area contributed by atoms with Crippen LogP contribution in [0.15, 0.2) is 0 Å². The van der Waals surface area contributed by atoms with E-state index in [1.54, 1.807) is 0 Å². The van der Waals surface area contributed by atoms with E-state index in [9.17, 15) is 0 Å². The predicted molar refractivity (Wildman–Crippen MR) is 46.3 cm³/mol. The molecule has 1 aliphatic heterocycles. The summed E-state index contributed by atoms with van der Waals surface area (Å²) in [4.78, 5) is 0. The lowest BCUT2D eigenvalue weighted by molar-refractivity contribution is 0.382. The summed E-state index contributed by atoms with van der Waals surface area (Å²) >= 11 is 0. The highest BCUT2D eigenvalue weighted by molar-refractivity contribution is 5.85. The van der Waals surface area contributed by atoms with Crippen LogP contribution in [0.3, 0.4) is 0 Å². The normalized spacial score (nSPS) is 32.0. The SMILES string of the molecule is C#C[C@@H]1CCC[C@H](C)N1.Cl. The Hall–Kier alpha value is -0.190. The van der Waals surface area contributed by atoms with E-state index in [0.717, 1.165) is 6.42 Å². The molecular weight excluding hydrogens is 146 g/mol. The van der Waals surface area contributed by atoms with Gasteiger partial charge in [-0.05, 0) is 26.2 Å². The minimum atomic E-state index is 0. The number of hydrogen-bond acceptors (Lipinski definition) is 1. The Labute approximate surface area is 69.0 Å². The number of terminal acetylenes is 1. The van der Waals surface area contributed by atoms with Gasteiger partial charge in [0.2, 0.25) is 0 Å². The van der Waals surface area contributed by atoms with Crippen LogP contribution in [0.1, 0.15) is 26.2 Å². The molecule has 0 aromatic heterocycles.